The molecule has 1 aromatic rings. The summed E-state index contributed by atoms with van der Waals surface area (Å²) in [6.45, 7) is 0. The number of allylic oxidation sites excluding steroid dienone is 1. The van der Waals surface area contributed by atoms with E-state index in [1.54, 1.807) is 0 Å². The molecule has 0 atom stereocenters. The molecule has 0 aromatic heterocycles. The van der Waals surface area contributed by atoms with Crippen LogP contribution >= 0.6 is 11.6 Å². The van der Waals surface area contributed by atoms with E-state index in [9.17, 15) is 22.4 Å². The van der Waals surface area contributed by atoms with Crippen molar-refractivity contribution >= 4 is 17.4 Å². The summed E-state index contributed by atoms with van der Waals surface area (Å²) in [7, 11) is 0. The molecule has 0 spiro atoms. The van der Waals surface area contributed by atoms with Crippen molar-refractivity contribution in [2.75, 3.05) is 0 Å². The molecule has 15 heavy (non-hydrogen) atoms. The van der Waals surface area contributed by atoms with E-state index in [1.165, 1.54) is 0 Å². The van der Waals surface area contributed by atoms with Crippen LogP contribution in [0.5, 0.6) is 0 Å². The Morgan fingerprint density at radius 2 is 1.73 bits per heavy atom. The molecular weight excluding hydrogens is 236 g/mol. The summed E-state index contributed by atoms with van der Waals surface area (Å²) in [5.74, 6) is -8.42. The zero-order chi connectivity index (χ0) is 11.6. The molecule has 0 aliphatic rings. The van der Waals surface area contributed by atoms with Gasteiger partial charge in [-0.05, 0) is 12.1 Å². The quantitative estimate of drug-likeness (QED) is 0.254. The Balaban J connectivity index is 3.38. The van der Waals surface area contributed by atoms with Gasteiger partial charge in [0.05, 0.1) is 5.56 Å². The van der Waals surface area contributed by atoms with Gasteiger partial charge in [-0.25, -0.2) is 17.6 Å². The molecule has 0 unspecified atom stereocenters. The molecular formula is C9H3ClF4O. The van der Waals surface area contributed by atoms with Crippen LogP contribution < -0.4 is 0 Å². The highest BCUT2D eigenvalue weighted by Gasteiger charge is 2.21. The van der Waals surface area contributed by atoms with Gasteiger partial charge < -0.3 is 0 Å². The van der Waals surface area contributed by atoms with Gasteiger partial charge in [0.25, 0.3) is 0 Å². The van der Waals surface area contributed by atoms with Gasteiger partial charge >= 0.3 is 0 Å². The number of ketones is 1. The van der Waals surface area contributed by atoms with Crippen molar-refractivity contribution in [2.24, 2.45) is 0 Å². The average Bonchev–Trinajstić information content (AvgIpc) is 2.20. The minimum atomic E-state index is -2.03. The number of hydrogen-bond donors (Lipinski definition) is 0. The predicted molar refractivity (Wildman–Crippen MR) is 45.6 cm³/mol. The third kappa shape index (κ3) is 2.18. The second-order valence-electron chi connectivity index (χ2n) is 2.50. The molecule has 1 rings (SSSR count). The predicted octanol–water partition coefficient (Wildman–Crippen LogP) is 3.18. The van der Waals surface area contributed by atoms with Crippen LogP contribution in [0.4, 0.5) is 17.6 Å². The van der Waals surface area contributed by atoms with E-state index >= 15 is 0 Å². The standard InChI is InChI=1S/C9H3ClF4O/c10-2-1-6(15)4-3-5(11)8(13)9(14)7(4)12/h1-3H/b2-1+. The van der Waals surface area contributed by atoms with Gasteiger partial charge in [-0.1, -0.05) is 11.6 Å². The van der Waals surface area contributed by atoms with Gasteiger partial charge in [0, 0.05) is 5.54 Å². The summed E-state index contributed by atoms with van der Waals surface area (Å²) in [5, 5.41) is 0. The fraction of sp³-hybridized carbons (Fsp3) is 0. The van der Waals surface area contributed by atoms with Crippen molar-refractivity contribution in [2.45, 2.75) is 0 Å². The summed E-state index contributed by atoms with van der Waals surface area (Å²) in [6.07, 6.45) is 0.691. The highest BCUT2D eigenvalue weighted by molar-refractivity contribution is 6.27. The summed E-state index contributed by atoms with van der Waals surface area (Å²) in [4.78, 5) is 11.0. The van der Waals surface area contributed by atoms with Gasteiger partial charge in [-0.3, -0.25) is 4.79 Å². The van der Waals surface area contributed by atoms with Crippen LogP contribution in [-0.4, -0.2) is 5.78 Å². The largest absolute Gasteiger partial charge is 0.289 e. The maximum absolute atomic E-state index is 12.9. The van der Waals surface area contributed by atoms with Crippen LogP contribution in [0.25, 0.3) is 0 Å². The maximum Gasteiger partial charge on any atom is 0.198 e. The van der Waals surface area contributed by atoms with Crippen LogP contribution in [-0.2, 0) is 0 Å². The van der Waals surface area contributed by atoms with Crippen molar-refractivity contribution in [3.63, 3.8) is 0 Å². The molecule has 6 heteroatoms. The summed E-state index contributed by atoms with van der Waals surface area (Å²) in [6, 6.07) is 0.271. The molecule has 0 amide bonds. The van der Waals surface area contributed by atoms with Gasteiger partial charge in [0.15, 0.2) is 29.1 Å². The summed E-state index contributed by atoms with van der Waals surface area (Å²) in [5.41, 5.74) is -0.163. The third-order valence-corrected chi connectivity index (χ3v) is 1.71. The van der Waals surface area contributed by atoms with Crippen LogP contribution in [0.1, 0.15) is 10.4 Å². The Morgan fingerprint density at radius 1 is 1.13 bits per heavy atom. The molecule has 0 radical (unpaired) electrons. The minimum absolute atomic E-state index is 0.271. The van der Waals surface area contributed by atoms with Crippen LogP contribution in [0.2, 0.25) is 0 Å². The first-order valence-corrected chi connectivity index (χ1v) is 4.06. The second kappa shape index (κ2) is 4.44. The van der Waals surface area contributed by atoms with E-state index in [-0.39, 0.29) is 6.07 Å². The first-order valence-electron chi connectivity index (χ1n) is 3.63. The molecule has 0 fully saturated rings. The molecule has 0 aliphatic carbocycles. The molecule has 0 aliphatic heterocycles. The highest BCUT2D eigenvalue weighted by atomic mass is 35.5. The van der Waals surface area contributed by atoms with Gasteiger partial charge in [0.1, 0.15) is 0 Å². The normalized spacial score (nSPS) is 11.0. The van der Waals surface area contributed by atoms with E-state index in [0.29, 0.717) is 6.08 Å². The number of benzene rings is 1. The second-order valence-corrected chi connectivity index (χ2v) is 2.76. The first kappa shape index (κ1) is 11.7. The third-order valence-electron chi connectivity index (χ3n) is 1.58. The van der Waals surface area contributed by atoms with E-state index in [2.05, 4.69) is 0 Å². The average molecular weight is 239 g/mol. The maximum atomic E-state index is 12.9. The Hall–Kier alpha value is -1.36. The van der Waals surface area contributed by atoms with Crippen molar-refractivity contribution in [1.29, 1.82) is 0 Å². The van der Waals surface area contributed by atoms with Gasteiger partial charge in [0.2, 0.25) is 0 Å². The Morgan fingerprint density at radius 3 is 2.27 bits per heavy atom. The van der Waals surface area contributed by atoms with Crippen molar-refractivity contribution in [3.8, 4) is 0 Å². The molecule has 0 N–H and O–H groups in total. The number of carbonyl (C=O) groups is 1. The fourth-order valence-electron chi connectivity index (χ4n) is 0.899. The smallest absolute Gasteiger partial charge is 0.198 e. The zero-order valence-electron chi connectivity index (χ0n) is 7.03. The van der Waals surface area contributed by atoms with Crippen LogP contribution in [0.3, 0.4) is 0 Å². The van der Waals surface area contributed by atoms with E-state index < -0.39 is 34.6 Å². The highest BCUT2D eigenvalue weighted by Crippen LogP contribution is 2.19. The van der Waals surface area contributed by atoms with Crippen LogP contribution in [0.15, 0.2) is 17.7 Å². The minimum Gasteiger partial charge on any atom is -0.289 e. The lowest BCUT2D eigenvalue weighted by atomic mass is 10.1. The molecule has 1 nitrogen and oxygen atoms in total. The molecule has 0 saturated heterocycles. The summed E-state index contributed by atoms with van der Waals surface area (Å²) < 4.78 is 50.7. The monoisotopic (exact) mass is 238 g/mol. The number of halogens is 5. The lowest BCUT2D eigenvalue weighted by Gasteiger charge is -2.01. The SMILES string of the molecule is O=C(/C=C/Cl)c1cc(F)c(F)c(F)c1F. The number of carbonyl (C=O) groups excluding carboxylic acids is 1. The Kier molecular flexibility index (Phi) is 3.47. The molecule has 1 aromatic carbocycles. The lowest BCUT2D eigenvalue weighted by Crippen LogP contribution is -2.05. The molecule has 0 heterocycles. The van der Waals surface area contributed by atoms with Crippen LogP contribution in [0, 0.1) is 23.3 Å². The molecule has 0 saturated carbocycles. The van der Waals surface area contributed by atoms with E-state index in [0.717, 1.165) is 5.54 Å². The van der Waals surface area contributed by atoms with E-state index in [4.69, 9.17) is 11.6 Å². The molecule has 80 valence electrons. The Labute approximate surface area is 87.0 Å². The van der Waals surface area contributed by atoms with Gasteiger partial charge in [-0.15, -0.1) is 0 Å². The van der Waals surface area contributed by atoms with Crippen molar-refractivity contribution in [1.82, 2.24) is 0 Å². The Bertz CT molecular complexity index is 442. The summed E-state index contributed by atoms with van der Waals surface area (Å²) >= 11 is 5.02. The van der Waals surface area contributed by atoms with Crippen molar-refractivity contribution in [3.05, 3.63) is 46.5 Å². The lowest BCUT2D eigenvalue weighted by molar-refractivity contribution is 0.104. The zero-order valence-corrected chi connectivity index (χ0v) is 7.79. The first-order chi connectivity index (χ1) is 6.99. The topological polar surface area (TPSA) is 17.1 Å². The fourth-order valence-corrected chi connectivity index (χ4v) is 1.01. The number of hydrogen-bond acceptors (Lipinski definition) is 1. The molecule has 0 bridgehead atoms. The number of rotatable bonds is 2. The van der Waals surface area contributed by atoms with E-state index in [1.807, 2.05) is 0 Å². The van der Waals surface area contributed by atoms with Crippen molar-refractivity contribution < 1.29 is 22.4 Å². The van der Waals surface area contributed by atoms with Gasteiger partial charge in [-0.2, -0.15) is 0 Å².